The van der Waals surface area contributed by atoms with Crippen LogP contribution in [0.5, 0.6) is 5.75 Å². The van der Waals surface area contributed by atoms with Gasteiger partial charge in [-0.2, -0.15) is 0 Å². The first-order valence-corrected chi connectivity index (χ1v) is 6.28. The van der Waals surface area contributed by atoms with Gasteiger partial charge in [0.2, 0.25) is 5.91 Å². The number of hydrogen-bond donors (Lipinski definition) is 1. The average molecular weight is 273 g/mol. The van der Waals surface area contributed by atoms with E-state index in [1.54, 1.807) is 37.4 Å². The minimum absolute atomic E-state index is 0.0922. The lowest BCUT2D eigenvalue weighted by Gasteiger charge is -2.19. The van der Waals surface area contributed by atoms with Crippen molar-refractivity contribution in [3.05, 3.63) is 59.4 Å². The molecule has 1 N–H and O–H groups in total. The van der Waals surface area contributed by atoms with E-state index in [0.29, 0.717) is 0 Å². The molecule has 2 aromatic rings. The van der Waals surface area contributed by atoms with Gasteiger partial charge in [0.05, 0.1) is 6.42 Å². The Morgan fingerprint density at radius 1 is 1.20 bits per heavy atom. The summed E-state index contributed by atoms with van der Waals surface area (Å²) >= 11 is 0. The van der Waals surface area contributed by atoms with E-state index in [0.717, 1.165) is 16.8 Å². The van der Waals surface area contributed by atoms with Crippen LogP contribution in [0, 0.1) is 12.7 Å². The lowest BCUT2D eigenvalue weighted by Crippen LogP contribution is -2.28. The van der Waals surface area contributed by atoms with Gasteiger partial charge in [-0.1, -0.05) is 12.1 Å². The zero-order valence-electron chi connectivity index (χ0n) is 11.4. The number of anilines is 1. The maximum Gasteiger partial charge on any atom is 0.231 e. The second-order valence-electron chi connectivity index (χ2n) is 4.73. The number of carbonyl (C=O) groups is 1. The van der Waals surface area contributed by atoms with Gasteiger partial charge >= 0.3 is 0 Å². The van der Waals surface area contributed by atoms with Crippen molar-refractivity contribution in [2.24, 2.45) is 0 Å². The number of nitrogens with zero attached hydrogens (tertiary/aromatic N) is 1. The zero-order valence-corrected chi connectivity index (χ0v) is 11.4. The predicted molar refractivity (Wildman–Crippen MR) is 76.4 cm³/mol. The van der Waals surface area contributed by atoms with E-state index in [4.69, 9.17) is 0 Å². The monoisotopic (exact) mass is 273 g/mol. The molecule has 3 nitrogen and oxygen atoms in total. The van der Waals surface area contributed by atoms with Gasteiger partial charge in [0, 0.05) is 12.7 Å². The van der Waals surface area contributed by atoms with Gasteiger partial charge in [0.1, 0.15) is 11.6 Å². The quantitative estimate of drug-likeness (QED) is 0.933. The minimum atomic E-state index is -0.316. The standard InChI is InChI=1S/C16H16FNO2/c1-11-9-14(19)7-8-15(11)18(2)16(20)10-12-3-5-13(17)6-4-12/h3-9,19H,10H2,1-2H3. The summed E-state index contributed by atoms with van der Waals surface area (Å²) in [5, 5.41) is 9.38. The van der Waals surface area contributed by atoms with Crippen LogP contribution in [-0.4, -0.2) is 18.1 Å². The number of halogens is 1. The summed E-state index contributed by atoms with van der Waals surface area (Å²) < 4.78 is 12.8. The van der Waals surface area contributed by atoms with E-state index < -0.39 is 0 Å². The van der Waals surface area contributed by atoms with Crippen LogP contribution in [-0.2, 0) is 11.2 Å². The summed E-state index contributed by atoms with van der Waals surface area (Å²) in [5.74, 6) is -0.236. The highest BCUT2D eigenvalue weighted by Crippen LogP contribution is 2.23. The lowest BCUT2D eigenvalue weighted by molar-refractivity contribution is -0.117. The average Bonchev–Trinajstić information content (AvgIpc) is 2.40. The Morgan fingerprint density at radius 3 is 2.45 bits per heavy atom. The number of amides is 1. The Morgan fingerprint density at radius 2 is 1.85 bits per heavy atom. The van der Waals surface area contributed by atoms with Crippen molar-refractivity contribution in [3.8, 4) is 5.75 Å². The Balaban J connectivity index is 2.14. The molecule has 0 aliphatic carbocycles. The molecule has 1 amide bonds. The van der Waals surface area contributed by atoms with Crippen LogP contribution in [0.3, 0.4) is 0 Å². The van der Waals surface area contributed by atoms with E-state index >= 15 is 0 Å². The van der Waals surface area contributed by atoms with Gasteiger partial charge < -0.3 is 10.0 Å². The van der Waals surface area contributed by atoms with Crippen LogP contribution in [0.2, 0.25) is 0 Å². The first-order valence-electron chi connectivity index (χ1n) is 6.28. The summed E-state index contributed by atoms with van der Waals surface area (Å²) in [6.45, 7) is 1.83. The summed E-state index contributed by atoms with van der Waals surface area (Å²) in [4.78, 5) is 13.7. The summed E-state index contributed by atoms with van der Waals surface area (Å²) in [6.07, 6.45) is 0.205. The molecule has 2 rings (SSSR count). The molecule has 0 spiro atoms. The van der Waals surface area contributed by atoms with Gasteiger partial charge in [0.25, 0.3) is 0 Å². The smallest absolute Gasteiger partial charge is 0.231 e. The van der Waals surface area contributed by atoms with Crippen LogP contribution in [0.1, 0.15) is 11.1 Å². The van der Waals surface area contributed by atoms with Crippen molar-refractivity contribution in [2.45, 2.75) is 13.3 Å². The molecule has 0 unspecified atom stereocenters. The molecule has 0 fully saturated rings. The van der Waals surface area contributed by atoms with E-state index in [9.17, 15) is 14.3 Å². The predicted octanol–water partition coefficient (Wildman–Crippen LogP) is 3.05. The number of phenolic OH excluding ortho intramolecular Hbond substituents is 1. The van der Waals surface area contributed by atoms with Crippen molar-refractivity contribution in [2.75, 3.05) is 11.9 Å². The largest absolute Gasteiger partial charge is 0.508 e. The van der Waals surface area contributed by atoms with Crippen molar-refractivity contribution >= 4 is 11.6 Å². The maximum atomic E-state index is 12.8. The molecular formula is C16H16FNO2. The van der Waals surface area contributed by atoms with Crippen molar-refractivity contribution < 1.29 is 14.3 Å². The van der Waals surface area contributed by atoms with Gasteiger partial charge in [0.15, 0.2) is 0 Å². The molecule has 0 saturated carbocycles. The van der Waals surface area contributed by atoms with Gasteiger partial charge in [-0.3, -0.25) is 4.79 Å². The van der Waals surface area contributed by atoms with Crippen LogP contribution < -0.4 is 4.90 Å². The van der Waals surface area contributed by atoms with E-state index in [1.165, 1.54) is 17.0 Å². The SMILES string of the molecule is Cc1cc(O)ccc1N(C)C(=O)Cc1ccc(F)cc1. The molecule has 0 heterocycles. The lowest BCUT2D eigenvalue weighted by atomic mass is 10.1. The van der Waals surface area contributed by atoms with Crippen LogP contribution >= 0.6 is 0 Å². The van der Waals surface area contributed by atoms with Crippen molar-refractivity contribution in [1.82, 2.24) is 0 Å². The molecule has 0 aliphatic rings. The Kier molecular flexibility index (Phi) is 4.03. The van der Waals surface area contributed by atoms with Crippen molar-refractivity contribution in [3.63, 3.8) is 0 Å². The highest BCUT2D eigenvalue weighted by Gasteiger charge is 2.13. The summed E-state index contributed by atoms with van der Waals surface area (Å²) in [6, 6.07) is 10.7. The molecule has 0 aromatic heterocycles. The van der Waals surface area contributed by atoms with Crippen LogP contribution in [0.15, 0.2) is 42.5 Å². The fraction of sp³-hybridized carbons (Fsp3) is 0.188. The van der Waals surface area contributed by atoms with Crippen LogP contribution in [0.4, 0.5) is 10.1 Å². The number of benzene rings is 2. The number of aromatic hydroxyl groups is 1. The normalized spacial score (nSPS) is 10.3. The Hall–Kier alpha value is -2.36. The minimum Gasteiger partial charge on any atom is -0.508 e. The number of phenols is 1. The second-order valence-corrected chi connectivity index (χ2v) is 4.73. The third-order valence-electron chi connectivity index (χ3n) is 3.18. The molecule has 2 aromatic carbocycles. The second kappa shape index (κ2) is 5.74. The van der Waals surface area contributed by atoms with Crippen molar-refractivity contribution in [1.29, 1.82) is 0 Å². The number of hydrogen-bond acceptors (Lipinski definition) is 2. The third kappa shape index (κ3) is 3.15. The first-order chi connectivity index (χ1) is 9.47. The van der Waals surface area contributed by atoms with E-state index in [-0.39, 0.29) is 23.9 Å². The molecule has 20 heavy (non-hydrogen) atoms. The number of aryl methyl sites for hydroxylation is 1. The zero-order chi connectivity index (χ0) is 14.7. The summed E-state index contributed by atoms with van der Waals surface area (Å²) in [5.41, 5.74) is 2.33. The molecular weight excluding hydrogens is 257 g/mol. The molecule has 0 saturated heterocycles. The van der Waals surface area contributed by atoms with Gasteiger partial charge in [-0.15, -0.1) is 0 Å². The molecule has 0 bridgehead atoms. The highest BCUT2D eigenvalue weighted by atomic mass is 19.1. The van der Waals surface area contributed by atoms with Gasteiger partial charge in [-0.25, -0.2) is 4.39 Å². The highest BCUT2D eigenvalue weighted by molar-refractivity contribution is 5.95. The van der Waals surface area contributed by atoms with E-state index in [2.05, 4.69) is 0 Å². The fourth-order valence-corrected chi connectivity index (χ4v) is 2.05. The Labute approximate surface area is 117 Å². The van der Waals surface area contributed by atoms with Crippen LogP contribution in [0.25, 0.3) is 0 Å². The summed E-state index contributed by atoms with van der Waals surface area (Å²) in [7, 11) is 1.69. The third-order valence-corrected chi connectivity index (χ3v) is 3.18. The first kappa shape index (κ1) is 14.1. The number of rotatable bonds is 3. The molecule has 0 atom stereocenters. The molecule has 4 heteroatoms. The molecule has 0 radical (unpaired) electrons. The number of likely N-dealkylation sites (N-methyl/N-ethyl adjacent to an activating group) is 1. The Bertz CT molecular complexity index is 623. The van der Waals surface area contributed by atoms with E-state index in [1.807, 2.05) is 6.92 Å². The topological polar surface area (TPSA) is 40.5 Å². The fourth-order valence-electron chi connectivity index (χ4n) is 2.05. The number of carbonyl (C=O) groups excluding carboxylic acids is 1. The molecule has 104 valence electrons. The maximum absolute atomic E-state index is 12.8. The molecule has 0 aliphatic heterocycles. The van der Waals surface area contributed by atoms with Gasteiger partial charge in [-0.05, 0) is 48.4 Å².